The summed E-state index contributed by atoms with van der Waals surface area (Å²) in [6.45, 7) is 0.664. The van der Waals surface area contributed by atoms with E-state index in [2.05, 4.69) is 15.3 Å². The van der Waals surface area contributed by atoms with Crippen molar-refractivity contribution in [2.24, 2.45) is 0 Å². The van der Waals surface area contributed by atoms with Gasteiger partial charge in [-0.3, -0.25) is 9.78 Å². The highest BCUT2D eigenvalue weighted by Gasteiger charge is 2.32. The van der Waals surface area contributed by atoms with Crippen LogP contribution in [0.2, 0.25) is 5.02 Å². The van der Waals surface area contributed by atoms with Crippen molar-refractivity contribution in [3.8, 4) is 0 Å². The van der Waals surface area contributed by atoms with Crippen molar-refractivity contribution < 1.29 is 4.79 Å². The van der Waals surface area contributed by atoms with E-state index in [4.69, 9.17) is 11.6 Å². The number of carbonyl (C=O) groups excluding carboxylic acids is 1. The van der Waals surface area contributed by atoms with Gasteiger partial charge in [-0.2, -0.15) is 0 Å². The highest BCUT2D eigenvalue weighted by molar-refractivity contribution is 6.31. The Morgan fingerprint density at radius 1 is 1.35 bits per heavy atom. The van der Waals surface area contributed by atoms with Gasteiger partial charge in [-0.15, -0.1) is 0 Å². The molecule has 102 valence electrons. The number of nitrogens with zero attached hydrogens (tertiary/aromatic N) is 3. The van der Waals surface area contributed by atoms with Gasteiger partial charge in [0.25, 0.3) is 0 Å². The Balaban J connectivity index is 1.74. The number of hydrogen-bond acceptors (Lipinski definition) is 4. The molecule has 1 fully saturated rings. The van der Waals surface area contributed by atoms with Crippen molar-refractivity contribution in [3.63, 3.8) is 0 Å². The quantitative estimate of drug-likeness (QED) is 0.942. The third-order valence-electron chi connectivity index (χ3n) is 3.21. The van der Waals surface area contributed by atoms with E-state index in [1.165, 1.54) is 0 Å². The number of aromatic nitrogens is 2. The molecule has 0 saturated carbocycles. The third kappa shape index (κ3) is 2.58. The summed E-state index contributed by atoms with van der Waals surface area (Å²) in [7, 11) is 0. The van der Waals surface area contributed by atoms with Gasteiger partial charge in [-0.05, 0) is 24.6 Å². The largest absolute Gasteiger partial charge is 0.357 e. The zero-order valence-electron chi connectivity index (χ0n) is 10.7. The number of rotatable bonds is 3. The summed E-state index contributed by atoms with van der Waals surface area (Å²) in [6, 6.07) is 7.04. The Kier molecular flexibility index (Phi) is 3.52. The average molecular weight is 289 g/mol. The van der Waals surface area contributed by atoms with Gasteiger partial charge < -0.3 is 10.2 Å². The van der Waals surface area contributed by atoms with Gasteiger partial charge in [-0.25, -0.2) is 4.98 Å². The standard InChI is InChI=1S/C14H13ClN4O/c15-10-2-1-3-11(8-10)19-7-4-12(14(19)20)18-13-9-16-5-6-17-13/h1-3,5-6,8-9,12H,4,7H2,(H,17,18). The number of carbonyl (C=O) groups is 1. The summed E-state index contributed by atoms with van der Waals surface area (Å²) in [5.74, 6) is 0.636. The first-order valence-corrected chi connectivity index (χ1v) is 6.71. The molecule has 2 heterocycles. The molecule has 6 heteroatoms. The predicted octanol–water partition coefficient (Wildman–Crippen LogP) is 2.35. The lowest BCUT2D eigenvalue weighted by Gasteiger charge is -2.17. The summed E-state index contributed by atoms with van der Waals surface area (Å²) in [5, 5.41) is 3.73. The Morgan fingerprint density at radius 3 is 3.00 bits per heavy atom. The van der Waals surface area contributed by atoms with Crippen molar-refractivity contribution >= 4 is 29.0 Å². The molecule has 20 heavy (non-hydrogen) atoms. The second-order valence-corrected chi connectivity index (χ2v) is 4.98. The second kappa shape index (κ2) is 5.46. The van der Waals surface area contributed by atoms with Crippen LogP contribution in [0.25, 0.3) is 0 Å². The van der Waals surface area contributed by atoms with Crippen molar-refractivity contribution in [1.29, 1.82) is 0 Å². The number of halogens is 1. The minimum absolute atomic E-state index is 0.0259. The molecular formula is C14H13ClN4O. The van der Waals surface area contributed by atoms with E-state index < -0.39 is 0 Å². The van der Waals surface area contributed by atoms with Crippen molar-refractivity contribution in [2.45, 2.75) is 12.5 Å². The van der Waals surface area contributed by atoms with E-state index in [1.807, 2.05) is 12.1 Å². The van der Waals surface area contributed by atoms with Crippen LogP contribution in [0, 0.1) is 0 Å². The SMILES string of the molecule is O=C1C(Nc2cnccn2)CCN1c1cccc(Cl)c1. The zero-order valence-corrected chi connectivity index (χ0v) is 11.4. The number of nitrogens with one attached hydrogen (secondary N) is 1. The number of amides is 1. The molecule has 0 radical (unpaired) electrons. The maximum absolute atomic E-state index is 12.4. The lowest BCUT2D eigenvalue weighted by Crippen LogP contribution is -2.33. The molecule has 0 spiro atoms. The van der Waals surface area contributed by atoms with Crippen molar-refractivity contribution in [1.82, 2.24) is 9.97 Å². The molecule has 5 nitrogen and oxygen atoms in total. The average Bonchev–Trinajstić information content (AvgIpc) is 2.81. The lowest BCUT2D eigenvalue weighted by molar-refractivity contribution is -0.117. The van der Waals surface area contributed by atoms with Gasteiger partial charge in [0.05, 0.1) is 6.20 Å². The van der Waals surface area contributed by atoms with Gasteiger partial charge in [0.2, 0.25) is 5.91 Å². The summed E-state index contributed by atoms with van der Waals surface area (Å²) in [5.41, 5.74) is 0.825. The molecule has 0 bridgehead atoms. The molecule has 1 aliphatic rings. The zero-order chi connectivity index (χ0) is 13.9. The minimum atomic E-state index is -0.273. The Morgan fingerprint density at radius 2 is 2.25 bits per heavy atom. The van der Waals surface area contributed by atoms with Crippen LogP contribution in [0.5, 0.6) is 0 Å². The first-order valence-electron chi connectivity index (χ1n) is 6.33. The molecule has 3 rings (SSSR count). The van der Waals surface area contributed by atoms with E-state index in [0.29, 0.717) is 17.4 Å². The van der Waals surface area contributed by atoms with Crippen molar-refractivity contribution in [2.75, 3.05) is 16.8 Å². The van der Waals surface area contributed by atoms with Crippen LogP contribution in [0.4, 0.5) is 11.5 Å². The van der Waals surface area contributed by atoms with Crippen LogP contribution in [0.1, 0.15) is 6.42 Å². The molecule has 1 amide bonds. The molecule has 1 unspecified atom stereocenters. The fourth-order valence-corrected chi connectivity index (χ4v) is 2.45. The Labute approximate surface area is 121 Å². The molecule has 1 atom stereocenters. The maximum atomic E-state index is 12.4. The first-order chi connectivity index (χ1) is 9.74. The van der Waals surface area contributed by atoms with Crippen LogP contribution >= 0.6 is 11.6 Å². The number of anilines is 2. The Bertz CT molecular complexity index is 620. The van der Waals surface area contributed by atoms with E-state index >= 15 is 0 Å². The fourth-order valence-electron chi connectivity index (χ4n) is 2.27. The normalized spacial score (nSPS) is 18.4. The molecule has 1 saturated heterocycles. The summed E-state index contributed by atoms with van der Waals surface area (Å²) in [4.78, 5) is 22.2. The van der Waals surface area contributed by atoms with Crippen LogP contribution in [0.3, 0.4) is 0 Å². The third-order valence-corrected chi connectivity index (χ3v) is 3.45. The summed E-state index contributed by atoms with van der Waals surface area (Å²) in [6.07, 6.45) is 5.52. The molecule has 1 aliphatic heterocycles. The summed E-state index contributed by atoms with van der Waals surface area (Å²) < 4.78 is 0. The smallest absolute Gasteiger partial charge is 0.249 e. The van der Waals surface area contributed by atoms with E-state index in [1.54, 1.807) is 35.6 Å². The van der Waals surface area contributed by atoms with E-state index in [0.717, 1.165) is 12.1 Å². The van der Waals surface area contributed by atoms with Gasteiger partial charge in [0.15, 0.2) is 0 Å². The van der Waals surface area contributed by atoms with Gasteiger partial charge >= 0.3 is 0 Å². The molecule has 2 aromatic rings. The van der Waals surface area contributed by atoms with Gasteiger partial charge in [0.1, 0.15) is 11.9 Å². The second-order valence-electron chi connectivity index (χ2n) is 4.55. The maximum Gasteiger partial charge on any atom is 0.249 e. The minimum Gasteiger partial charge on any atom is -0.357 e. The first kappa shape index (κ1) is 12.9. The molecule has 0 aliphatic carbocycles. The van der Waals surface area contributed by atoms with Crippen LogP contribution < -0.4 is 10.2 Å². The fraction of sp³-hybridized carbons (Fsp3) is 0.214. The number of benzene rings is 1. The predicted molar refractivity (Wildman–Crippen MR) is 77.9 cm³/mol. The van der Waals surface area contributed by atoms with E-state index in [-0.39, 0.29) is 11.9 Å². The lowest BCUT2D eigenvalue weighted by atomic mass is 10.2. The van der Waals surface area contributed by atoms with Gasteiger partial charge in [-0.1, -0.05) is 17.7 Å². The molecule has 1 N–H and O–H groups in total. The highest BCUT2D eigenvalue weighted by atomic mass is 35.5. The molecular weight excluding hydrogens is 276 g/mol. The van der Waals surface area contributed by atoms with E-state index in [9.17, 15) is 4.79 Å². The van der Waals surface area contributed by atoms with Gasteiger partial charge in [0, 0.05) is 29.6 Å². The monoisotopic (exact) mass is 288 g/mol. The van der Waals surface area contributed by atoms with Crippen LogP contribution in [-0.4, -0.2) is 28.5 Å². The van der Waals surface area contributed by atoms with Crippen LogP contribution in [-0.2, 0) is 4.79 Å². The van der Waals surface area contributed by atoms with Crippen LogP contribution in [0.15, 0.2) is 42.9 Å². The highest BCUT2D eigenvalue weighted by Crippen LogP contribution is 2.25. The Hall–Kier alpha value is -2.14. The summed E-state index contributed by atoms with van der Waals surface area (Å²) >= 11 is 5.97. The van der Waals surface area contributed by atoms with Crippen molar-refractivity contribution in [3.05, 3.63) is 47.9 Å². The topological polar surface area (TPSA) is 58.1 Å². The molecule has 1 aromatic carbocycles. The number of hydrogen-bond donors (Lipinski definition) is 1. The molecule has 1 aromatic heterocycles.